The van der Waals surface area contributed by atoms with E-state index in [4.69, 9.17) is 0 Å². The zero-order valence-electron chi connectivity index (χ0n) is 17.0. The molecule has 0 radical (unpaired) electrons. The van der Waals surface area contributed by atoms with Crippen molar-refractivity contribution >= 4 is 29.9 Å². The van der Waals surface area contributed by atoms with Crippen LogP contribution in [0.4, 0.5) is 0 Å². The first-order chi connectivity index (χ1) is 11.9. The Balaban J connectivity index is 0.00000338. The van der Waals surface area contributed by atoms with E-state index in [0.717, 1.165) is 25.6 Å². The predicted octanol–water partition coefficient (Wildman–Crippen LogP) is 2.77. The maximum atomic E-state index is 4.38. The van der Waals surface area contributed by atoms with Crippen LogP contribution in [0.1, 0.15) is 32.3 Å². The summed E-state index contributed by atoms with van der Waals surface area (Å²) in [6.45, 7) is 8.47. The molecule has 0 saturated carbocycles. The van der Waals surface area contributed by atoms with Crippen molar-refractivity contribution < 1.29 is 0 Å². The molecule has 1 saturated heterocycles. The quantitative estimate of drug-likeness (QED) is 0.363. The Morgan fingerprint density at radius 1 is 1.23 bits per heavy atom. The Kier molecular flexibility index (Phi) is 9.89. The van der Waals surface area contributed by atoms with Crippen molar-refractivity contribution in [2.45, 2.75) is 44.8 Å². The van der Waals surface area contributed by atoms with Crippen LogP contribution in [0, 0.1) is 0 Å². The minimum absolute atomic E-state index is 0. The van der Waals surface area contributed by atoms with Gasteiger partial charge in [-0.05, 0) is 52.9 Å². The van der Waals surface area contributed by atoms with Crippen LogP contribution in [-0.4, -0.2) is 68.1 Å². The van der Waals surface area contributed by atoms with Gasteiger partial charge in [0.25, 0.3) is 0 Å². The number of rotatable bonds is 7. The van der Waals surface area contributed by atoms with Crippen molar-refractivity contribution in [1.29, 1.82) is 0 Å². The zero-order chi connectivity index (χ0) is 18.3. The number of hydrogen-bond donors (Lipinski definition) is 2. The van der Waals surface area contributed by atoms with Gasteiger partial charge in [0.15, 0.2) is 5.96 Å². The van der Waals surface area contributed by atoms with Crippen molar-refractivity contribution in [2.75, 3.05) is 40.8 Å². The molecule has 0 aliphatic carbocycles. The largest absolute Gasteiger partial charge is 0.355 e. The van der Waals surface area contributed by atoms with Gasteiger partial charge in [0.1, 0.15) is 0 Å². The highest BCUT2D eigenvalue weighted by atomic mass is 127. The number of likely N-dealkylation sites (tertiary alicyclic amines) is 1. The lowest BCUT2D eigenvalue weighted by molar-refractivity contribution is 0.197. The van der Waals surface area contributed by atoms with Gasteiger partial charge in [-0.2, -0.15) is 0 Å². The van der Waals surface area contributed by atoms with Gasteiger partial charge < -0.3 is 15.5 Å². The van der Waals surface area contributed by atoms with E-state index in [1.54, 1.807) is 0 Å². The fraction of sp³-hybridized carbons (Fsp3) is 0.650. The van der Waals surface area contributed by atoms with Crippen molar-refractivity contribution in [3.8, 4) is 0 Å². The molecular weight excluding hydrogens is 437 g/mol. The minimum atomic E-state index is 0. The molecule has 0 bridgehead atoms. The number of likely N-dealkylation sites (N-methyl/N-ethyl adjacent to an activating group) is 1. The second kappa shape index (κ2) is 11.1. The number of nitrogens with one attached hydrogen (secondary N) is 2. The molecule has 1 aliphatic rings. The number of guanidine groups is 1. The lowest BCUT2D eigenvalue weighted by Crippen LogP contribution is -2.52. The van der Waals surface area contributed by atoms with Gasteiger partial charge in [-0.15, -0.1) is 24.0 Å². The first-order valence-electron chi connectivity index (χ1n) is 9.32. The van der Waals surface area contributed by atoms with Crippen LogP contribution in [0.25, 0.3) is 0 Å². The van der Waals surface area contributed by atoms with Crippen molar-refractivity contribution in [1.82, 2.24) is 20.4 Å². The number of hydrogen-bond acceptors (Lipinski definition) is 3. The van der Waals surface area contributed by atoms with E-state index < -0.39 is 0 Å². The molecule has 6 heteroatoms. The molecule has 5 nitrogen and oxygen atoms in total. The molecule has 1 heterocycles. The van der Waals surface area contributed by atoms with Gasteiger partial charge in [0, 0.05) is 38.3 Å². The van der Waals surface area contributed by atoms with Gasteiger partial charge in [-0.25, -0.2) is 0 Å². The molecule has 1 atom stereocenters. The number of nitrogens with zero attached hydrogens (tertiary/aromatic N) is 3. The fourth-order valence-corrected chi connectivity index (χ4v) is 3.05. The standard InChI is InChI=1S/C20H35N5.HI/c1-20(2,24(4)5)16-23-19(21-3)22-14-18-12-9-13-25(18)15-17-10-7-6-8-11-17;/h6-8,10-11,18H,9,12-16H2,1-5H3,(H2,21,22,23);1H. The molecule has 148 valence electrons. The zero-order valence-corrected chi connectivity index (χ0v) is 19.3. The SMILES string of the molecule is CN=C(NCC1CCCN1Cc1ccccc1)NCC(C)(C)N(C)C.I. The van der Waals surface area contributed by atoms with E-state index in [0.29, 0.717) is 6.04 Å². The molecule has 1 fully saturated rings. The first-order valence-corrected chi connectivity index (χ1v) is 9.32. The Bertz CT molecular complexity index is 544. The highest BCUT2D eigenvalue weighted by Crippen LogP contribution is 2.19. The average molecular weight is 473 g/mol. The topological polar surface area (TPSA) is 42.9 Å². The molecule has 2 N–H and O–H groups in total. The second-order valence-electron chi connectivity index (χ2n) is 7.77. The summed E-state index contributed by atoms with van der Waals surface area (Å²) in [6, 6.07) is 11.3. The number of benzene rings is 1. The molecule has 1 unspecified atom stereocenters. The van der Waals surface area contributed by atoms with E-state index >= 15 is 0 Å². The number of aliphatic imine (C=N–C) groups is 1. The van der Waals surface area contributed by atoms with Gasteiger partial charge in [-0.3, -0.25) is 9.89 Å². The van der Waals surface area contributed by atoms with Crippen LogP contribution < -0.4 is 10.6 Å². The van der Waals surface area contributed by atoms with Crippen molar-refractivity contribution in [2.24, 2.45) is 4.99 Å². The number of halogens is 1. The van der Waals surface area contributed by atoms with Gasteiger partial charge in [-0.1, -0.05) is 30.3 Å². The maximum absolute atomic E-state index is 4.38. The van der Waals surface area contributed by atoms with E-state index in [9.17, 15) is 0 Å². The fourth-order valence-electron chi connectivity index (χ4n) is 3.05. The minimum Gasteiger partial charge on any atom is -0.355 e. The van der Waals surface area contributed by atoms with E-state index in [1.807, 2.05) is 7.05 Å². The van der Waals surface area contributed by atoms with Gasteiger partial charge >= 0.3 is 0 Å². The Morgan fingerprint density at radius 3 is 2.54 bits per heavy atom. The third-order valence-corrected chi connectivity index (χ3v) is 5.36. The summed E-state index contributed by atoms with van der Waals surface area (Å²) in [5.74, 6) is 0.890. The summed E-state index contributed by atoms with van der Waals surface area (Å²) < 4.78 is 0. The highest BCUT2D eigenvalue weighted by molar-refractivity contribution is 14.0. The lowest BCUT2D eigenvalue weighted by Gasteiger charge is -2.33. The lowest BCUT2D eigenvalue weighted by atomic mass is 10.0. The molecule has 1 aromatic rings. The second-order valence-corrected chi connectivity index (χ2v) is 7.77. The monoisotopic (exact) mass is 473 g/mol. The molecule has 2 rings (SSSR count). The maximum Gasteiger partial charge on any atom is 0.191 e. The van der Waals surface area contributed by atoms with E-state index in [-0.39, 0.29) is 29.5 Å². The Labute approximate surface area is 176 Å². The van der Waals surface area contributed by atoms with Gasteiger partial charge in [0.2, 0.25) is 0 Å². The highest BCUT2D eigenvalue weighted by Gasteiger charge is 2.25. The van der Waals surface area contributed by atoms with Gasteiger partial charge in [0.05, 0.1) is 0 Å². The molecule has 1 aliphatic heterocycles. The smallest absolute Gasteiger partial charge is 0.191 e. The van der Waals surface area contributed by atoms with Crippen LogP contribution in [0.15, 0.2) is 35.3 Å². The summed E-state index contributed by atoms with van der Waals surface area (Å²) in [7, 11) is 6.06. The average Bonchev–Trinajstić information content (AvgIpc) is 3.03. The summed E-state index contributed by atoms with van der Waals surface area (Å²) in [5.41, 5.74) is 1.48. The molecular formula is C20H36IN5. The molecule has 26 heavy (non-hydrogen) atoms. The molecule has 1 aromatic carbocycles. The Morgan fingerprint density at radius 2 is 1.92 bits per heavy atom. The molecule has 0 amide bonds. The normalized spacial score (nSPS) is 18.7. The summed E-state index contributed by atoms with van der Waals surface area (Å²) in [5, 5.41) is 6.98. The first kappa shape index (κ1) is 23.2. The summed E-state index contributed by atoms with van der Waals surface area (Å²) >= 11 is 0. The summed E-state index contributed by atoms with van der Waals surface area (Å²) in [6.07, 6.45) is 2.53. The predicted molar refractivity (Wildman–Crippen MR) is 122 cm³/mol. The van der Waals surface area contributed by atoms with E-state index in [2.05, 4.69) is 83.7 Å². The van der Waals surface area contributed by atoms with Crippen molar-refractivity contribution in [3.63, 3.8) is 0 Å². The third kappa shape index (κ3) is 7.04. The van der Waals surface area contributed by atoms with Crippen molar-refractivity contribution in [3.05, 3.63) is 35.9 Å². The molecule has 0 aromatic heterocycles. The van der Waals surface area contributed by atoms with E-state index in [1.165, 1.54) is 24.9 Å². The van der Waals surface area contributed by atoms with Crippen LogP contribution in [0.5, 0.6) is 0 Å². The van der Waals surface area contributed by atoms with Crippen LogP contribution >= 0.6 is 24.0 Å². The summed E-state index contributed by atoms with van der Waals surface area (Å²) in [4.78, 5) is 9.19. The van der Waals surface area contributed by atoms with Crippen LogP contribution in [-0.2, 0) is 6.54 Å². The Hall–Kier alpha value is -0.860. The van der Waals surface area contributed by atoms with Crippen LogP contribution in [0.3, 0.4) is 0 Å². The third-order valence-electron chi connectivity index (χ3n) is 5.36. The van der Waals surface area contributed by atoms with Crippen LogP contribution in [0.2, 0.25) is 0 Å². The molecule has 0 spiro atoms.